The van der Waals surface area contributed by atoms with Gasteiger partial charge in [0.05, 0.1) is 16.4 Å². The van der Waals surface area contributed by atoms with E-state index in [4.69, 9.17) is 4.42 Å². The minimum Gasteiger partial charge on any atom is -0.455 e. The lowest BCUT2D eigenvalue weighted by molar-refractivity contribution is 0.426. The third kappa shape index (κ3) is 2.29. The fraction of sp³-hybridized carbons (Fsp3) is 0. The normalized spacial score (nSPS) is 11.8. The molecule has 0 spiro atoms. The van der Waals surface area contributed by atoms with E-state index in [0.717, 1.165) is 49.4 Å². The monoisotopic (exact) mass is 377 g/mol. The highest BCUT2D eigenvalue weighted by molar-refractivity contribution is 6.58. The van der Waals surface area contributed by atoms with Crippen molar-refractivity contribution >= 4 is 56.3 Å². The molecule has 2 heterocycles. The van der Waals surface area contributed by atoms with Crippen LogP contribution in [0.15, 0.2) is 89.3 Å². The van der Waals surface area contributed by atoms with Gasteiger partial charge in [-0.3, -0.25) is 0 Å². The van der Waals surface area contributed by atoms with Crippen molar-refractivity contribution in [3.8, 4) is 5.69 Å². The molecule has 0 atom stereocenters. The van der Waals surface area contributed by atoms with Crippen molar-refractivity contribution in [3.63, 3.8) is 0 Å². The van der Waals surface area contributed by atoms with Crippen LogP contribution in [0.25, 0.3) is 49.4 Å². The molecule has 138 valence electrons. The molecule has 0 aliphatic rings. The van der Waals surface area contributed by atoms with Crippen LogP contribution in [0.4, 0.5) is 0 Å². The first-order chi connectivity index (χ1) is 14.2. The number of benzene rings is 4. The highest BCUT2D eigenvalue weighted by atomic mass is 16.4. The fourth-order valence-electron chi connectivity index (χ4n) is 4.34. The first kappa shape index (κ1) is 16.4. The molecule has 6 aromatic rings. The Morgan fingerprint density at radius 1 is 0.690 bits per heavy atom. The molecule has 2 N–H and O–H groups in total. The summed E-state index contributed by atoms with van der Waals surface area (Å²) in [5.41, 5.74) is 5.13. The van der Waals surface area contributed by atoms with Crippen molar-refractivity contribution in [2.24, 2.45) is 0 Å². The predicted molar refractivity (Wildman–Crippen MR) is 118 cm³/mol. The number of hydrogen-bond acceptors (Lipinski definition) is 3. The van der Waals surface area contributed by atoms with E-state index in [1.807, 2.05) is 42.5 Å². The van der Waals surface area contributed by atoms with Crippen LogP contribution in [0.3, 0.4) is 0 Å². The van der Waals surface area contributed by atoms with Gasteiger partial charge in [0, 0.05) is 21.8 Å². The van der Waals surface area contributed by atoms with Crippen molar-refractivity contribution in [1.29, 1.82) is 0 Å². The van der Waals surface area contributed by atoms with Crippen molar-refractivity contribution in [3.05, 3.63) is 84.9 Å². The van der Waals surface area contributed by atoms with E-state index in [0.29, 0.717) is 5.46 Å². The second-order valence-corrected chi connectivity index (χ2v) is 7.26. The maximum Gasteiger partial charge on any atom is 0.488 e. The van der Waals surface area contributed by atoms with E-state index >= 15 is 0 Å². The molecule has 0 radical (unpaired) electrons. The lowest BCUT2D eigenvalue weighted by Gasteiger charge is -2.09. The van der Waals surface area contributed by atoms with Crippen molar-refractivity contribution < 1.29 is 14.5 Å². The summed E-state index contributed by atoms with van der Waals surface area (Å²) in [6, 6.07) is 27.8. The highest BCUT2D eigenvalue weighted by Gasteiger charge is 2.19. The van der Waals surface area contributed by atoms with Gasteiger partial charge in [-0.1, -0.05) is 48.5 Å². The largest absolute Gasteiger partial charge is 0.488 e. The van der Waals surface area contributed by atoms with E-state index in [-0.39, 0.29) is 0 Å². The lowest BCUT2D eigenvalue weighted by Crippen LogP contribution is -2.29. The molecule has 4 nitrogen and oxygen atoms in total. The van der Waals surface area contributed by atoms with Gasteiger partial charge in [-0.2, -0.15) is 0 Å². The number of hydrogen-bond donors (Lipinski definition) is 2. The van der Waals surface area contributed by atoms with Crippen molar-refractivity contribution in [2.45, 2.75) is 0 Å². The number of furan rings is 1. The molecule has 0 amide bonds. The van der Waals surface area contributed by atoms with Gasteiger partial charge in [-0.05, 0) is 41.9 Å². The summed E-state index contributed by atoms with van der Waals surface area (Å²) in [4.78, 5) is 0. The average Bonchev–Trinajstić information content (AvgIpc) is 3.29. The van der Waals surface area contributed by atoms with Gasteiger partial charge in [-0.25, -0.2) is 0 Å². The van der Waals surface area contributed by atoms with Crippen LogP contribution in [0.5, 0.6) is 0 Å². The van der Waals surface area contributed by atoms with E-state index in [1.54, 1.807) is 12.1 Å². The van der Waals surface area contributed by atoms with Gasteiger partial charge < -0.3 is 19.0 Å². The van der Waals surface area contributed by atoms with Crippen LogP contribution in [-0.2, 0) is 0 Å². The van der Waals surface area contributed by atoms with E-state index in [1.165, 1.54) is 0 Å². The topological polar surface area (TPSA) is 58.5 Å². The Morgan fingerprint density at radius 3 is 2.34 bits per heavy atom. The van der Waals surface area contributed by atoms with Crippen molar-refractivity contribution in [2.75, 3.05) is 0 Å². The predicted octanol–water partition coefficient (Wildman–Crippen LogP) is 4.36. The van der Waals surface area contributed by atoms with Gasteiger partial charge in [-0.15, -0.1) is 0 Å². The Kier molecular flexibility index (Phi) is 3.39. The first-order valence-electron chi connectivity index (χ1n) is 9.52. The molecule has 0 saturated heterocycles. The van der Waals surface area contributed by atoms with Crippen molar-refractivity contribution in [1.82, 2.24) is 4.57 Å². The standard InChI is InChI=1S/C24H16BNO3/c27-25(28)15-6-5-7-16(14-15)26-20-10-3-1-9-19(20)23-21(26)13-12-18-17-8-2-4-11-22(17)29-24(18)23/h1-14,27-28H. The van der Waals surface area contributed by atoms with Gasteiger partial charge in [0.1, 0.15) is 11.2 Å². The first-order valence-corrected chi connectivity index (χ1v) is 9.52. The molecule has 0 bridgehead atoms. The molecular formula is C24H16BNO3. The van der Waals surface area contributed by atoms with Crippen LogP contribution in [0.2, 0.25) is 0 Å². The van der Waals surface area contributed by atoms with Crippen LogP contribution in [0, 0.1) is 0 Å². The minimum absolute atomic E-state index is 0.457. The van der Waals surface area contributed by atoms with E-state index in [9.17, 15) is 10.0 Å². The average molecular weight is 377 g/mol. The zero-order chi connectivity index (χ0) is 19.5. The minimum atomic E-state index is -1.51. The maximum absolute atomic E-state index is 9.63. The highest BCUT2D eigenvalue weighted by Crippen LogP contribution is 2.40. The van der Waals surface area contributed by atoms with E-state index < -0.39 is 7.12 Å². The zero-order valence-electron chi connectivity index (χ0n) is 15.4. The molecule has 0 aliphatic carbocycles. The van der Waals surface area contributed by atoms with E-state index in [2.05, 4.69) is 34.9 Å². The molecule has 29 heavy (non-hydrogen) atoms. The Labute approximate surface area is 166 Å². The second-order valence-electron chi connectivity index (χ2n) is 7.26. The summed E-state index contributed by atoms with van der Waals surface area (Å²) in [7, 11) is -1.51. The van der Waals surface area contributed by atoms with Crippen LogP contribution < -0.4 is 5.46 Å². The van der Waals surface area contributed by atoms with Gasteiger partial charge in [0.15, 0.2) is 0 Å². The van der Waals surface area contributed by atoms with Gasteiger partial charge in [0.2, 0.25) is 0 Å². The smallest absolute Gasteiger partial charge is 0.455 e. The Balaban J connectivity index is 1.80. The lowest BCUT2D eigenvalue weighted by atomic mass is 9.80. The van der Waals surface area contributed by atoms with Crippen LogP contribution in [0.1, 0.15) is 0 Å². The number of aromatic nitrogens is 1. The third-order valence-electron chi connectivity index (χ3n) is 5.61. The van der Waals surface area contributed by atoms with Gasteiger partial charge in [0.25, 0.3) is 0 Å². The molecule has 5 heteroatoms. The number of nitrogens with zero attached hydrogens (tertiary/aromatic N) is 1. The Morgan fingerprint density at radius 2 is 1.48 bits per heavy atom. The van der Waals surface area contributed by atoms with Crippen LogP contribution in [-0.4, -0.2) is 21.7 Å². The molecule has 6 rings (SSSR count). The molecular weight excluding hydrogens is 361 g/mol. The number of rotatable bonds is 2. The Hall–Kier alpha value is -3.54. The molecule has 2 aromatic heterocycles. The summed E-state index contributed by atoms with van der Waals surface area (Å²) >= 11 is 0. The summed E-state index contributed by atoms with van der Waals surface area (Å²) in [6.45, 7) is 0. The molecule has 0 aliphatic heterocycles. The second kappa shape index (κ2) is 5.98. The fourth-order valence-corrected chi connectivity index (χ4v) is 4.34. The maximum atomic E-state index is 9.63. The van der Waals surface area contributed by atoms with Crippen LogP contribution >= 0.6 is 0 Å². The summed E-state index contributed by atoms with van der Waals surface area (Å²) < 4.78 is 8.43. The summed E-state index contributed by atoms with van der Waals surface area (Å²) in [6.07, 6.45) is 0. The SMILES string of the molecule is OB(O)c1cccc(-n2c3ccccc3c3c4oc5ccccc5c4ccc32)c1. The zero-order valence-corrected chi connectivity index (χ0v) is 15.4. The third-order valence-corrected chi connectivity index (χ3v) is 5.61. The number of para-hydroxylation sites is 2. The molecule has 0 fully saturated rings. The van der Waals surface area contributed by atoms with Gasteiger partial charge >= 0.3 is 7.12 Å². The molecule has 0 unspecified atom stereocenters. The summed E-state index contributed by atoms with van der Waals surface area (Å²) in [5.74, 6) is 0. The number of fused-ring (bicyclic) bond motifs is 7. The molecule has 0 saturated carbocycles. The summed E-state index contributed by atoms with van der Waals surface area (Å²) in [5, 5.41) is 23.6. The molecule has 4 aromatic carbocycles. The Bertz CT molecular complexity index is 1540. The quantitative estimate of drug-likeness (QED) is 0.441.